The fourth-order valence-corrected chi connectivity index (χ4v) is 4.24. The normalized spacial score (nSPS) is 12.0. The SMILES string of the molecule is COc1ccc(O[C@H](C)C(=O)Nc2ccc(S(=O)(=O)Nc3c(C)cccc3C)cc2)cc1. The largest absolute Gasteiger partial charge is 0.497 e. The highest BCUT2D eigenvalue weighted by Crippen LogP contribution is 2.24. The Labute approximate surface area is 188 Å². The first-order chi connectivity index (χ1) is 15.2. The molecule has 0 saturated carbocycles. The Morgan fingerprint density at radius 3 is 2.00 bits per heavy atom. The van der Waals surface area contributed by atoms with E-state index < -0.39 is 16.1 Å². The third-order valence-electron chi connectivity index (χ3n) is 4.89. The summed E-state index contributed by atoms with van der Waals surface area (Å²) in [6.07, 6.45) is -0.752. The summed E-state index contributed by atoms with van der Waals surface area (Å²) in [7, 11) is -2.19. The number of amides is 1. The fraction of sp³-hybridized carbons (Fsp3) is 0.208. The molecule has 3 aromatic rings. The Balaban J connectivity index is 1.64. The van der Waals surface area contributed by atoms with E-state index in [1.807, 2.05) is 32.0 Å². The Hall–Kier alpha value is -3.52. The number of anilines is 2. The van der Waals surface area contributed by atoms with Crippen LogP contribution in [0.5, 0.6) is 11.5 Å². The van der Waals surface area contributed by atoms with Gasteiger partial charge in [-0.05, 0) is 80.4 Å². The second kappa shape index (κ2) is 9.74. The van der Waals surface area contributed by atoms with Gasteiger partial charge in [0.1, 0.15) is 11.5 Å². The quantitative estimate of drug-likeness (QED) is 0.522. The lowest BCUT2D eigenvalue weighted by molar-refractivity contribution is -0.122. The number of ether oxygens (including phenoxy) is 2. The van der Waals surface area contributed by atoms with Crippen molar-refractivity contribution in [2.24, 2.45) is 0 Å². The van der Waals surface area contributed by atoms with Gasteiger partial charge in [0.25, 0.3) is 15.9 Å². The number of hydrogen-bond acceptors (Lipinski definition) is 5. The molecule has 0 saturated heterocycles. The molecule has 32 heavy (non-hydrogen) atoms. The Kier molecular flexibility index (Phi) is 7.05. The van der Waals surface area contributed by atoms with Gasteiger partial charge in [0, 0.05) is 5.69 Å². The van der Waals surface area contributed by atoms with Gasteiger partial charge >= 0.3 is 0 Å². The van der Waals surface area contributed by atoms with E-state index in [1.54, 1.807) is 38.3 Å². The summed E-state index contributed by atoms with van der Waals surface area (Å²) in [4.78, 5) is 12.5. The molecule has 0 fully saturated rings. The van der Waals surface area contributed by atoms with E-state index in [-0.39, 0.29) is 10.8 Å². The highest BCUT2D eigenvalue weighted by atomic mass is 32.2. The minimum Gasteiger partial charge on any atom is -0.497 e. The molecule has 0 aliphatic heterocycles. The minimum atomic E-state index is -3.76. The Morgan fingerprint density at radius 2 is 1.44 bits per heavy atom. The molecular weight excluding hydrogens is 428 g/mol. The number of aryl methyl sites for hydroxylation is 2. The third-order valence-corrected chi connectivity index (χ3v) is 6.26. The highest BCUT2D eigenvalue weighted by molar-refractivity contribution is 7.92. The van der Waals surface area contributed by atoms with Crippen molar-refractivity contribution in [1.82, 2.24) is 0 Å². The zero-order valence-electron chi connectivity index (χ0n) is 18.4. The number of methoxy groups -OCH3 is 1. The van der Waals surface area contributed by atoms with Crippen LogP contribution >= 0.6 is 0 Å². The molecule has 0 heterocycles. The first kappa shape index (κ1) is 23.1. The molecule has 1 atom stereocenters. The van der Waals surface area contributed by atoms with Crippen LogP contribution in [0.4, 0.5) is 11.4 Å². The standard InChI is InChI=1S/C24H26N2O5S/c1-16-6-5-7-17(2)23(16)26-32(28,29)22-14-8-19(9-15-22)25-24(27)18(3)31-21-12-10-20(30-4)11-13-21/h5-15,18,26H,1-4H3,(H,25,27)/t18-/m1/s1. The number of benzene rings is 3. The van der Waals surface area contributed by atoms with Crippen LogP contribution < -0.4 is 19.5 Å². The van der Waals surface area contributed by atoms with Crippen molar-refractivity contribution >= 4 is 27.3 Å². The molecule has 0 spiro atoms. The molecule has 168 valence electrons. The maximum Gasteiger partial charge on any atom is 0.265 e. The molecular formula is C24H26N2O5S. The maximum absolute atomic E-state index is 12.8. The number of rotatable bonds is 8. The van der Waals surface area contributed by atoms with Gasteiger partial charge in [-0.25, -0.2) is 8.42 Å². The maximum atomic E-state index is 12.8. The molecule has 2 N–H and O–H groups in total. The first-order valence-corrected chi connectivity index (χ1v) is 11.5. The molecule has 1 amide bonds. The van der Waals surface area contributed by atoms with Crippen molar-refractivity contribution in [3.8, 4) is 11.5 Å². The predicted octanol–water partition coefficient (Wildman–Crippen LogP) is 4.52. The van der Waals surface area contributed by atoms with Crippen LogP contribution in [-0.4, -0.2) is 27.5 Å². The lowest BCUT2D eigenvalue weighted by Crippen LogP contribution is -2.30. The van der Waals surface area contributed by atoms with Gasteiger partial charge in [0.15, 0.2) is 6.10 Å². The highest BCUT2D eigenvalue weighted by Gasteiger charge is 2.18. The molecule has 0 bridgehead atoms. The van der Waals surface area contributed by atoms with E-state index in [1.165, 1.54) is 24.3 Å². The summed E-state index contributed by atoms with van der Waals surface area (Å²) in [6.45, 7) is 5.32. The number of carbonyl (C=O) groups is 1. The van der Waals surface area contributed by atoms with Crippen LogP contribution in [0.25, 0.3) is 0 Å². The molecule has 3 aromatic carbocycles. The second-order valence-corrected chi connectivity index (χ2v) is 9.00. The number of carbonyl (C=O) groups excluding carboxylic acids is 1. The summed E-state index contributed by atoms with van der Waals surface area (Å²) in [5, 5.41) is 2.73. The summed E-state index contributed by atoms with van der Waals surface area (Å²) in [6, 6.07) is 18.4. The van der Waals surface area contributed by atoms with E-state index in [4.69, 9.17) is 9.47 Å². The molecule has 0 radical (unpaired) electrons. The average molecular weight is 455 g/mol. The van der Waals surface area contributed by atoms with Crippen LogP contribution in [0.15, 0.2) is 71.6 Å². The van der Waals surface area contributed by atoms with E-state index in [2.05, 4.69) is 10.0 Å². The van der Waals surface area contributed by atoms with Gasteiger partial charge in [-0.2, -0.15) is 0 Å². The van der Waals surface area contributed by atoms with Gasteiger partial charge in [0.2, 0.25) is 0 Å². The van der Waals surface area contributed by atoms with E-state index in [0.29, 0.717) is 22.9 Å². The van der Waals surface area contributed by atoms with Crippen LogP contribution in [0.3, 0.4) is 0 Å². The summed E-state index contributed by atoms with van der Waals surface area (Å²) >= 11 is 0. The van der Waals surface area contributed by atoms with E-state index in [0.717, 1.165) is 11.1 Å². The fourth-order valence-electron chi connectivity index (χ4n) is 3.04. The van der Waals surface area contributed by atoms with Gasteiger partial charge in [-0.3, -0.25) is 9.52 Å². The monoisotopic (exact) mass is 454 g/mol. The first-order valence-electron chi connectivity index (χ1n) is 10.0. The Bertz CT molecular complexity index is 1170. The van der Waals surface area contributed by atoms with E-state index >= 15 is 0 Å². The summed E-state index contributed by atoms with van der Waals surface area (Å²) in [5.74, 6) is 0.870. The Morgan fingerprint density at radius 1 is 0.875 bits per heavy atom. The smallest absolute Gasteiger partial charge is 0.265 e. The molecule has 0 unspecified atom stereocenters. The average Bonchev–Trinajstić information content (AvgIpc) is 2.77. The third kappa shape index (κ3) is 5.59. The van der Waals surface area contributed by atoms with Gasteiger partial charge < -0.3 is 14.8 Å². The van der Waals surface area contributed by atoms with Gasteiger partial charge in [-0.15, -0.1) is 0 Å². The van der Waals surface area contributed by atoms with Crippen molar-refractivity contribution in [1.29, 1.82) is 0 Å². The molecule has 7 nitrogen and oxygen atoms in total. The van der Waals surface area contributed by atoms with Crippen LogP contribution in [0.1, 0.15) is 18.1 Å². The molecule has 0 aliphatic rings. The van der Waals surface area contributed by atoms with Crippen molar-refractivity contribution in [3.63, 3.8) is 0 Å². The minimum absolute atomic E-state index is 0.0979. The number of nitrogens with one attached hydrogen (secondary N) is 2. The molecule has 8 heteroatoms. The second-order valence-electron chi connectivity index (χ2n) is 7.32. The van der Waals surface area contributed by atoms with Crippen molar-refractivity contribution in [2.45, 2.75) is 31.8 Å². The number of sulfonamides is 1. The summed E-state index contributed by atoms with van der Waals surface area (Å²) < 4.78 is 38.9. The number of para-hydroxylation sites is 1. The zero-order valence-corrected chi connectivity index (χ0v) is 19.2. The van der Waals surface area contributed by atoms with Crippen LogP contribution in [0.2, 0.25) is 0 Å². The van der Waals surface area contributed by atoms with Gasteiger partial charge in [-0.1, -0.05) is 18.2 Å². The summed E-state index contributed by atoms with van der Waals surface area (Å²) in [5.41, 5.74) is 2.70. The molecule has 0 aromatic heterocycles. The topological polar surface area (TPSA) is 93.7 Å². The lowest BCUT2D eigenvalue weighted by atomic mass is 10.1. The molecule has 0 aliphatic carbocycles. The molecule has 3 rings (SSSR count). The predicted molar refractivity (Wildman–Crippen MR) is 125 cm³/mol. The van der Waals surface area contributed by atoms with Crippen molar-refractivity contribution in [2.75, 3.05) is 17.1 Å². The van der Waals surface area contributed by atoms with E-state index in [9.17, 15) is 13.2 Å². The zero-order chi connectivity index (χ0) is 23.3. The van der Waals surface area contributed by atoms with Crippen molar-refractivity contribution in [3.05, 3.63) is 77.9 Å². The van der Waals surface area contributed by atoms with Gasteiger partial charge in [0.05, 0.1) is 17.7 Å². The number of hydrogen-bond donors (Lipinski definition) is 2. The van der Waals surface area contributed by atoms with Crippen molar-refractivity contribution < 1.29 is 22.7 Å². The van der Waals surface area contributed by atoms with Crippen LogP contribution in [0, 0.1) is 13.8 Å². The lowest BCUT2D eigenvalue weighted by Gasteiger charge is -2.16. The van der Waals surface area contributed by atoms with Crippen LogP contribution in [-0.2, 0) is 14.8 Å².